The van der Waals surface area contributed by atoms with Crippen LogP contribution in [-0.4, -0.2) is 22.9 Å². The van der Waals surface area contributed by atoms with Gasteiger partial charge in [0.25, 0.3) is 5.91 Å². The Morgan fingerprint density at radius 3 is 2.41 bits per heavy atom. The van der Waals surface area contributed by atoms with Gasteiger partial charge in [-0.1, -0.05) is 36.4 Å². The third-order valence-corrected chi connectivity index (χ3v) is 7.18. The SMILES string of the molecule is CN(Sc1ccc(C(=O)Nc2nc(-c3ccccn3)cs2)cc1)c1ccc(OCc2ccccc2)cc1. The highest BCUT2D eigenvalue weighted by atomic mass is 32.2. The molecule has 1 amide bonds. The van der Waals surface area contributed by atoms with Crippen LogP contribution in [0, 0.1) is 0 Å². The number of carbonyl (C=O) groups excluding carboxylic acids is 1. The molecule has 0 unspecified atom stereocenters. The second kappa shape index (κ2) is 11.7. The Hall–Kier alpha value is -4.14. The zero-order chi connectivity index (χ0) is 25.5. The maximum atomic E-state index is 12.7. The molecule has 8 heteroatoms. The molecule has 2 heterocycles. The zero-order valence-electron chi connectivity index (χ0n) is 20.1. The summed E-state index contributed by atoms with van der Waals surface area (Å²) in [6.45, 7) is 0.540. The van der Waals surface area contributed by atoms with E-state index in [1.165, 1.54) is 11.3 Å². The van der Waals surface area contributed by atoms with E-state index in [4.69, 9.17) is 4.74 Å². The first-order chi connectivity index (χ1) is 18.1. The number of pyridine rings is 1. The lowest BCUT2D eigenvalue weighted by molar-refractivity contribution is 0.102. The van der Waals surface area contributed by atoms with Crippen LogP contribution in [0.15, 0.2) is 114 Å². The maximum absolute atomic E-state index is 12.7. The van der Waals surface area contributed by atoms with E-state index in [0.29, 0.717) is 17.3 Å². The fourth-order valence-corrected chi connectivity index (χ4v) is 5.00. The highest BCUT2D eigenvalue weighted by Crippen LogP contribution is 2.29. The predicted octanol–water partition coefficient (Wildman–Crippen LogP) is 7.18. The summed E-state index contributed by atoms with van der Waals surface area (Å²) in [4.78, 5) is 22.5. The number of nitrogens with one attached hydrogen (secondary N) is 1. The number of carbonyl (C=O) groups is 1. The van der Waals surface area contributed by atoms with Gasteiger partial charge in [0.05, 0.1) is 5.69 Å². The lowest BCUT2D eigenvalue weighted by Crippen LogP contribution is -2.11. The summed E-state index contributed by atoms with van der Waals surface area (Å²) in [6.07, 6.45) is 1.72. The molecule has 0 bridgehead atoms. The molecular formula is C29H24N4O2S2. The summed E-state index contributed by atoms with van der Waals surface area (Å²) in [6, 6.07) is 31.3. The Labute approximate surface area is 224 Å². The number of hydrogen-bond donors (Lipinski definition) is 1. The van der Waals surface area contributed by atoms with Crippen LogP contribution in [0.4, 0.5) is 10.8 Å². The molecule has 0 saturated carbocycles. The quantitative estimate of drug-likeness (QED) is 0.206. The highest BCUT2D eigenvalue weighted by Gasteiger charge is 2.11. The van der Waals surface area contributed by atoms with Crippen molar-refractivity contribution < 1.29 is 9.53 Å². The van der Waals surface area contributed by atoms with Crippen LogP contribution in [-0.2, 0) is 6.61 Å². The number of ether oxygens (including phenoxy) is 1. The van der Waals surface area contributed by atoms with Gasteiger partial charge in [0.15, 0.2) is 5.13 Å². The number of anilines is 2. The van der Waals surface area contributed by atoms with Crippen LogP contribution < -0.4 is 14.4 Å². The molecule has 5 aromatic rings. The molecule has 0 atom stereocenters. The van der Waals surface area contributed by atoms with E-state index in [1.54, 1.807) is 18.1 Å². The zero-order valence-corrected chi connectivity index (χ0v) is 21.7. The monoisotopic (exact) mass is 524 g/mol. The van der Waals surface area contributed by atoms with Crippen molar-refractivity contribution >= 4 is 40.0 Å². The van der Waals surface area contributed by atoms with Gasteiger partial charge in [-0.05, 0) is 78.2 Å². The number of nitrogens with zero attached hydrogens (tertiary/aromatic N) is 3. The molecule has 2 aromatic heterocycles. The van der Waals surface area contributed by atoms with Crippen molar-refractivity contribution in [2.24, 2.45) is 0 Å². The summed E-state index contributed by atoms with van der Waals surface area (Å²) in [5.74, 6) is 0.631. The molecule has 0 saturated heterocycles. The standard InChI is InChI=1S/C29H24N4O2S2/c1-33(23-12-14-24(15-13-23)35-19-21-7-3-2-4-8-21)37-25-16-10-22(11-17-25)28(34)32-29-31-27(20-36-29)26-9-5-6-18-30-26/h2-18,20H,19H2,1H3,(H,31,32,34). The van der Waals surface area contributed by atoms with Gasteiger partial charge in [-0.3, -0.25) is 15.1 Å². The molecule has 37 heavy (non-hydrogen) atoms. The Balaban J connectivity index is 1.14. The van der Waals surface area contributed by atoms with Gasteiger partial charge >= 0.3 is 0 Å². The molecule has 6 nitrogen and oxygen atoms in total. The van der Waals surface area contributed by atoms with E-state index in [-0.39, 0.29) is 5.91 Å². The number of rotatable bonds is 9. The number of thiazole rings is 1. The molecule has 0 aliphatic heterocycles. The molecule has 3 aromatic carbocycles. The van der Waals surface area contributed by atoms with Gasteiger partial charge in [-0.25, -0.2) is 4.98 Å². The lowest BCUT2D eigenvalue weighted by Gasteiger charge is -2.18. The number of amides is 1. The van der Waals surface area contributed by atoms with Crippen molar-refractivity contribution in [3.8, 4) is 17.1 Å². The molecule has 0 spiro atoms. The van der Waals surface area contributed by atoms with Crippen molar-refractivity contribution in [2.45, 2.75) is 11.5 Å². The van der Waals surface area contributed by atoms with E-state index in [1.807, 2.05) is 109 Å². The molecule has 0 fully saturated rings. The van der Waals surface area contributed by atoms with Crippen molar-refractivity contribution in [3.63, 3.8) is 0 Å². The lowest BCUT2D eigenvalue weighted by atomic mass is 10.2. The highest BCUT2D eigenvalue weighted by molar-refractivity contribution is 8.00. The second-order valence-electron chi connectivity index (χ2n) is 8.09. The van der Waals surface area contributed by atoms with E-state index in [9.17, 15) is 4.79 Å². The van der Waals surface area contributed by atoms with Gasteiger partial charge in [-0.15, -0.1) is 11.3 Å². The minimum atomic E-state index is -0.196. The number of benzene rings is 3. The number of hydrogen-bond acceptors (Lipinski definition) is 7. The molecule has 0 aliphatic rings. The summed E-state index contributed by atoms with van der Waals surface area (Å²) in [5, 5.41) is 5.30. The van der Waals surface area contributed by atoms with Crippen molar-refractivity contribution in [2.75, 3.05) is 16.7 Å². The Bertz CT molecular complexity index is 1440. The summed E-state index contributed by atoms with van der Waals surface area (Å²) in [7, 11) is 2.01. The molecule has 5 rings (SSSR count). The van der Waals surface area contributed by atoms with E-state index in [2.05, 4.69) is 19.6 Å². The molecule has 184 valence electrons. The minimum absolute atomic E-state index is 0.196. The van der Waals surface area contributed by atoms with Crippen LogP contribution in [0.2, 0.25) is 0 Å². The maximum Gasteiger partial charge on any atom is 0.257 e. The molecular weight excluding hydrogens is 500 g/mol. The fourth-order valence-electron chi connectivity index (χ4n) is 3.50. The van der Waals surface area contributed by atoms with Gasteiger partial charge in [0.1, 0.15) is 18.1 Å². The first-order valence-electron chi connectivity index (χ1n) is 11.6. The Morgan fingerprint density at radius 2 is 1.68 bits per heavy atom. The van der Waals surface area contributed by atoms with E-state index < -0.39 is 0 Å². The predicted molar refractivity (Wildman–Crippen MR) is 151 cm³/mol. The third-order valence-electron chi connectivity index (χ3n) is 5.46. The van der Waals surface area contributed by atoms with Crippen LogP contribution in [0.5, 0.6) is 5.75 Å². The summed E-state index contributed by atoms with van der Waals surface area (Å²) in [5.41, 5.74) is 4.27. The summed E-state index contributed by atoms with van der Waals surface area (Å²) >= 11 is 2.96. The molecule has 0 radical (unpaired) electrons. The van der Waals surface area contributed by atoms with Crippen LogP contribution in [0.25, 0.3) is 11.4 Å². The Kier molecular flexibility index (Phi) is 7.78. The van der Waals surface area contributed by atoms with Crippen molar-refractivity contribution in [1.29, 1.82) is 0 Å². The average Bonchev–Trinajstić information content (AvgIpc) is 3.42. The average molecular weight is 525 g/mol. The minimum Gasteiger partial charge on any atom is -0.489 e. The largest absolute Gasteiger partial charge is 0.489 e. The van der Waals surface area contributed by atoms with E-state index in [0.717, 1.165) is 33.3 Å². The van der Waals surface area contributed by atoms with Gasteiger partial charge in [0.2, 0.25) is 0 Å². The summed E-state index contributed by atoms with van der Waals surface area (Å²) < 4.78 is 7.95. The topological polar surface area (TPSA) is 67.4 Å². The van der Waals surface area contributed by atoms with Gasteiger partial charge < -0.3 is 9.04 Å². The molecule has 1 N–H and O–H groups in total. The first kappa shape index (κ1) is 24.5. The van der Waals surface area contributed by atoms with Crippen LogP contribution in [0.3, 0.4) is 0 Å². The van der Waals surface area contributed by atoms with Crippen molar-refractivity contribution in [3.05, 3.63) is 120 Å². The van der Waals surface area contributed by atoms with Crippen molar-refractivity contribution in [1.82, 2.24) is 9.97 Å². The normalized spacial score (nSPS) is 10.6. The third kappa shape index (κ3) is 6.55. The van der Waals surface area contributed by atoms with E-state index >= 15 is 0 Å². The molecule has 0 aliphatic carbocycles. The number of aromatic nitrogens is 2. The Morgan fingerprint density at radius 1 is 0.919 bits per heavy atom. The van der Waals surface area contributed by atoms with Crippen LogP contribution >= 0.6 is 23.3 Å². The first-order valence-corrected chi connectivity index (χ1v) is 13.3. The fraction of sp³-hybridized carbons (Fsp3) is 0.0690. The van der Waals surface area contributed by atoms with Crippen LogP contribution in [0.1, 0.15) is 15.9 Å². The van der Waals surface area contributed by atoms with Gasteiger partial charge in [-0.2, -0.15) is 0 Å². The smallest absolute Gasteiger partial charge is 0.257 e. The second-order valence-corrected chi connectivity index (χ2v) is 10.1. The van der Waals surface area contributed by atoms with Gasteiger partial charge in [0, 0.05) is 34.8 Å².